The second-order valence-electron chi connectivity index (χ2n) is 4.17. The first-order valence-electron chi connectivity index (χ1n) is 5.78. The van der Waals surface area contributed by atoms with Gasteiger partial charge >= 0.3 is 0 Å². The van der Waals surface area contributed by atoms with E-state index in [4.69, 9.17) is 14.9 Å². The average Bonchev–Trinajstić information content (AvgIpc) is 2.67. The minimum atomic E-state index is -0.358. The van der Waals surface area contributed by atoms with Gasteiger partial charge in [-0.05, 0) is 23.8 Å². The maximum Gasteiger partial charge on any atom is 0.274 e. The number of guanidine groups is 1. The number of nitrogens with zero attached hydrogens (tertiary/aromatic N) is 1. The van der Waals surface area contributed by atoms with Gasteiger partial charge in [0.25, 0.3) is 5.91 Å². The predicted molar refractivity (Wildman–Crippen MR) is 72.8 cm³/mol. The molecule has 1 fully saturated rings. The molecule has 0 radical (unpaired) electrons. The maximum atomic E-state index is 11.7. The average molecular weight is 277 g/mol. The minimum Gasteiger partial charge on any atom is -0.502 e. The van der Waals surface area contributed by atoms with Gasteiger partial charge in [0.15, 0.2) is 11.5 Å². The van der Waals surface area contributed by atoms with Crippen LogP contribution in [0.1, 0.15) is 5.56 Å². The Labute approximate surface area is 115 Å². The zero-order chi connectivity index (χ0) is 14.9. The topological polar surface area (TPSA) is 94.9 Å². The van der Waals surface area contributed by atoms with Gasteiger partial charge in [-0.2, -0.15) is 0 Å². The molecule has 20 heavy (non-hydrogen) atoms. The van der Waals surface area contributed by atoms with Gasteiger partial charge in [-0.15, -0.1) is 0 Å². The van der Waals surface area contributed by atoms with Crippen molar-refractivity contribution in [2.75, 3.05) is 21.3 Å². The largest absolute Gasteiger partial charge is 0.502 e. The summed E-state index contributed by atoms with van der Waals surface area (Å²) in [6.45, 7) is 0. The fourth-order valence-electron chi connectivity index (χ4n) is 1.85. The highest BCUT2D eigenvalue weighted by atomic mass is 16.5. The summed E-state index contributed by atoms with van der Waals surface area (Å²) in [4.78, 5) is 13.1. The number of carbonyl (C=O) groups is 1. The predicted octanol–water partition coefficient (Wildman–Crippen LogP) is 0.747. The van der Waals surface area contributed by atoms with Crippen molar-refractivity contribution in [2.45, 2.75) is 0 Å². The number of ether oxygens (including phenoxy) is 2. The van der Waals surface area contributed by atoms with Crippen molar-refractivity contribution in [1.29, 1.82) is 5.41 Å². The second kappa shape index (κ2) is 5.12. The molecule has 0 unspecified atom stereocenters. The van der Waals surface area contributed by atoms with Crippen LogP contribution in [0, 0.1) is 5.41 Å². The molecule has 0 saturated carbocycles. The van der Waals surface area contributed by atoms with Crippen LogP contribution >= 0.6 is 0 Å². The molecule has 7 heteroatoms. The van der Waals surface area contributed by atoms with Crippen LogP contribution < -0.4 is 14.8 Å². The normalized spacial score (nSPS) is 16.6. The molecule has 1 heterocycles. The fraction of sp³-hybridized carbons (Fsp3) is 0.231. The van der Waals surface area contributed by atoms with Crippen LogP contribution in [0.3, 0.4) is 0 Å². The number of hydrogen-bond acceptors (Lipinski definition) is 5. The number of carbonyl (C=O) groups excluding carboxylic acids is 1. The van der Waals surface area contributed by atoms with Crippen molar-refractivity contribution in [2.24, 2.45) is 0 Å². The van der Waals surface area contributed by atoms with E-state index in [1.165, 1.54) is 19.1 Å². The van der Waals surface area contributed by atoms with Crippen molar-refractivity contribution in [1.82, 2.24) is 10.2 Å². The van der Waals surface area contributed by atoms with Gasteiger partial charge in [0.1, 0.15) is 5.70 Å². The third kappa shape index (κ3) is 2.25. The van der Waals surface area contributed by atoms with Crippen molar-refractivity contribution in [3.63, 3.8) is 0 Å². The number of rotatable bonds is 3. The monoisotopic (exact) mass is 277 g/mol. The zero-order valence-corrected chi connectivity index (χ0v) is 11.4. The van der Waals surface area contributed by atoms with E-state index >= 15 is 0 Å². The Kier molecular flexibility index (Phi) is 3.51. The molecule has 0 aromatic heterocycles. The number of phenols is 1. The van der Waals surface area contributed by atoms with Crippen molar-refractivity contribution < 1.29 is 19.4 Å². The maximum absolute atomic E-state index is 11.7. The Morgan fingerprint density at radius 2 is 1.85 bits per heavy atom. The molecule has 2 rings (SSSR count). The molecular formula is C13H15N3O4. The van der Waals surface area contributed by atoms with E-state index in [9.17, 15) is 9.90 Å². The van der Waals surface area contributed by atoms with E-state index in [2.05, 4.69) is 5.32 Å². The van der Waals surface area contributed by atoms with Gasteiger partial charge in [-0.1, -0.05) is 0 Å². The van der Waals surface area contributed by atoms with Gasteiger partial charge < -0.3 is 19.5 Å². The van der Waals surface area contributed by atoms with E-state index in [-0.39, 0.29) is 29.1 Å². The number of nitrogens with one attached hydrogen (secondary N) is 2. The molecule has 1 amide bonds. The van der Waals surface area contributed by atoms with E-state index < -0.39 is 0 Å². The molecule has 106 valence electrons. The summed E-state index contributed by atoms with van der Waals surface area (Å²) in [6.07, 6.45) is 1.58. The Hall–Kier alpha value is -2.70. The minimum absolute atomic E-state index is 0.0129. The lowest BCUT2D eigenvalue weighted by Crippen LogP contribution is -2.25. The second-order valence-corrected chi connectivity index (χ2v) is 4.17. The number of methoxy groups -OCH3 is 2. The Morgan fingerprint density at radius 1 is 1.30 bits per heavy atom. The summed E-state index contributed by atoms with van der Waals surface area (Å²) in [5, 5.41) is 19.8. The van der Waals surface area contributed by atoms with Crippen LogP contribution in [0.25, 0.3) is 6.08 Å². The number of benzene rings is 1. The molecule has 1 aliphatic rings. The van der Waals surface area contributed by atoms with E-state index in [1.54, 1.807) is 25.3 Å². The molecule has 0 bridgehead atoms. The fourth-order valence-corrected chi connectivity index (χ4v) is 1.85. The lowest BCUT2D eigenvalue weighted by atomic mass is 10.1. The summed E-state index contributed by atoms with van der Waals surface area (Å²) in [6, 6.07) is 3.15. The van der Waals surface area contributed by atoms with Crippen LogP contribution in [0.2, 0.25) is 0 Å². The van der Waals surface area contributed by atoms with Crippen molar-refractivity contribution in [3.05, 3.63) is 23.4 Å². The number of likely N-dealkylation sites (N-methyl/N-ethyl adjacent to an activating group) is 1. The van der Waals surface area contributed by atoms with Crippen LogP contribution in [-0.2, 0) is 4.79 Å². The Bertz CT molecular complexity index is 585. The quantitative estimate of drug-likeness (QED) is 0.709. The Balaban J connectivity index is 2.48. The molecule has 1 aliphatic heterocycles. The number of phenolic OH excluding ortho intramolecular Hbond substituents is 1. The molecule has 0 spiro atoms. The van der Waals surface area contributed by atoms with Crippen LogP contribution in [0.15, 0.2) is 17.8 Å². The first-order valence-corrected chi connectivity index (χ1v) is 5.78. The Morgan fingerprint density at radius 3 is 2.25 bits per heavy atom. The first-order chi connectivity index (χ1) is 9.47. The molecule has 1 aromatic carbocycles. The third-order valence-corrected chi connectivity index (χ3v) is 2.97. The molecule has 0 atom stereocenters. The lowest BCUT2D eigenvalue weighted by molar-refractivity contribution is -0.115. The summed E-state index contributed by atoms with van der Waals surface area (Å²) in [5.74, 6) is 0.0382. The molecule has 1 saturated heterocycles. The van der Waals surface area contributed by atoms with Crippen LogP contribution in [0.4, 0.5) is 0 Å². The highest BCUT2D eigenvalue weighted by Crippen LogP contribution is 2.37. The molecular weight excluding hydrogens is 262 g/mol. The zero-order valence-electron chi connectivity index (χ0n) is 11.4. The van der Waals surface area contributed by atoms with Gasteiger partial charge in [0, 0.05) is 7.05 Å². The number of amides is 1. The third-order valence-electron chi connectivity index (χ3n) is 2.97. The summed E-state index contributed by atoms with van der Waals surface area (Å²) in [7, 11) is 4.46. The van der Waals surface area contributed by atoms with Gasteiger partial charge in [-0.3, -0.25) is 15.5 Å². The lowest BCUT2D eigenvalue weighted by Gasteiger charge is -2.11. The van der Waals surface area contributed by atoms with Gasteiger partial charge in [0.2, 0.25) is 11.7 Å². The highest BCUT2D eigenvalue weighted by molar-refractivity contribution is 6.14. The van der Waals surface area contributed by atoms with E-state index in [0.29, 0.717) is 11.3 Å². The smallest absolute Gasteiger partial charge is 0.274 e. The highest BCUT2D eigenvalue weighted by Gasteiger charge is 2.27. The van der Waals surface area contributed by atoms with Gasteiger partial charge in [-0.25, -0.2) is 0 Å². The molecule has 7 nitrogen and oxygen atoms in total. The SMILES string of the molecule is COc1cc(C=C2C(=O)NC(=N)N2C)cc(OC)c1O. The number of aromatic hydroxyl groups is 1. The standard InChI is InChI=1S/C13H15N3O4/c1-16-8(12(18)15-13(16)14)4-7-5-9(19-2)11(17)10(6-7)20-3/h4-6,17H,1-3H3,(H2,14,15,18). The first kappa shape index (κ1) is 13.7. The molecule has 1 aromatic rings. The summed E-state index contributed by atoms with van der Waals surface area (Å²) in [5.41, 5.74) is 0.938. The summed E-state index contributed by atoms with van der Waals surface area (Å²) < 4.78 is 10.1. The van der Waals surface area contributed by atoms with Gasteiger partial charge in [0.05, 0.1) is 14.2 Å². The molecule has 0 aliphatic carbocycles. The van der Waals surface area contributed by atoms with E-state index in [0.717, 1.165) is 0 Å². The number of hydrogen-bond donors (Lipinski definition) is 3. The molecule has 3 N–H and O–H groups in total. The van der Waals surface area contributed by atoms with Crippen LogP contribution in [-0.4, -0.2) is 43.1 Å². The van der Waals surface area contributed by atoms with Crippen molar-refractivity contribution in [3.8, 4) is 17.2 Å². The van der Waals surface area contributed by atoms with Crippen LogP contribution in [0.5, 0.6) is 17.2 Å². The van der Waals surface area contributed by atoms with E-state index in [1.807, 2.05) is 0 Å². The van der Waals surface area contributed by atoms with Crippen molar-refractivity contribution >= 4 is 17.9 Å². The summed E-state index contributed by atoms with van der Waals surface area (Å²) >= 11 is 0.